The second-order valence-electron chi connectivity index (χ2n) is 16.7. The van der Waals surface area contributed by atoms with Gasteiger partial charge in [0.2, 0.25) is 0 Å². The largest absolute Gasteiger partial charge is 0.309 e. The Labute approximate surface area is 369 Å². The molecule has 0 saturated heterocycles. The van der Waals surface area contributed by atoms with Crippen LogP contribution in [-0.4, -0.2) is 0 Å². The summed E-state index contributed by atoms with van der Waals surface area (Å²) in [6.45, 7) is 6.54. The Hall–Kier alpha value is -7.94. The van der Waals surface area contributed by atoms with Gasteiger partial charge in [0.05, 0.1) is 11.4 Å². The standard InChI is InChI=1S/C61H46N2/c1-41-30-34-48(35-31-41)62(46-18-6-4-7-19-46)60-54-26-14-10-22-50(54)58(51-23-11-15-27-55(51)60)44-38-43(3)39-45(40-44)59-52-24-12-16-28-56(52)61(57-29-17-13-25-53(57)59)63(47-20-8-5-9-21-47)49-36-32-42(2)33-37-49/h4-40H,1-3H3. The van der Waals surface area contributed by atoms with Crippen molar-refractivity contribution in [3.05, 3.63) is 241 Å². The monoisotopic (exact) mass is 806 g/mol. The van der Waals surface area contributed by atoms with E-state index in [1.54, 1.807) is 0 Å². The molecule has 0 spiro atoms. The molecule has 0 bridgehead atoms. The maximum Gasteiger partial charge on any atom is 0.0618 e. The fourth-order valence-electron chi connectivity index (χ4n) is 9.74. The zero-order valence-corrected chi connectivity index (χ0v) is 35.8. The molecule has 2 heteroatoms. The van der Waals surface area contributed by atoms with Gasteiger partial charge in [0, 0.05) is 44.3 Å². The predicted molar refractivity (Wildman–Crippen MR) is 271 cm³/mol. The van der Waals surface area contributed by atoms with Gasteiger partial charge in [-0.05, 0) is 125 Å². The van der Waals surface area contributed by atoms with E-state index in [4.69, 9.17) is 0 Å². The molecule has 0 atom stereocenters. The Balaban J connectivity index is 1.18. The maximum absolute atomic E-state index is 2.44. The van der Waals surface area contributed by atoms with Crippen LogP contribution in [0.1, 0.15) is 16.7 Å². The minimum absolute atomic E-state index is 1.12. The molecule has 2 nitrogen and oxygen atoms in total. The summed E-state index contributed by atoms with van der Waals surface area (Å²) in [6.07, 6.45) is 0. The van der Waals surface area contributed by atoms with Crippen LogP contribution in [0.15, 0.2) is 224 Å². The van der Waals surface area contributed by atoms with Crippen molar-refractivity contribution in [1.82, 2.24) is 0 Å². The Bertz CT molecular complexity index is 3120. The molecule has 11 aromatic rings. The number of hydrogen-bond donors (Lipinski definition) is 0. The van der Waals surface area contributed by atoms with Crippen molar-refractivity contribution in [2.45, 2.75) is 20.8 Å². The molecule has 0 saturated carbocycles. The number of nitrogens with zero attached hydrogens (tertiary/aromatic N) is 2. The maximum atomic E-state index is 2.44. The van der Waals surface area contributed by atoms with Crippen LogP contribution >= 0.6 is 0 Å². The molecule has 0 aliphatic heterocycles. The van der Waals surface area contributed by atoms with Gasteiger partial charge in [0.15, 0.2) is 0 Å². The Morgan fingerprint density at radius 3 is 0.825 bits per heavy atom. The first-order chi connectivity index (χ1) is 31.0. The number of anilines is 6. The molecule has 0 N–H and O–H groups in total. The van der Waals surface area contributed by atoms with Gasteiger partial charge in [0.25, 0.3) is 0 Å². The van der Waals surface area contributed by atoms with Crippen molar-refractivity contribution in [2.75, 3.05) is 9.80 Å². The van der Waals surface area contributed by atoms with E-state index < -0.39 is 0 Å². The second kappa shape index (κ2) is 15.8. The van der Waals surface area contributed by atoms with Crippen LogP contribution in [0.2, 0.25) is 0 Å². The first-order valence-electron chi connectivity index (χ1n) is 21.8. The van der Waals surface area contributed by atoms with Gasteiger partial charge in [0.1, 0.15) is 0 Å². The smallest absolute Gasteiger partial charge is 0.0618 e. The van der Waals surface area contributed by atoms with Gasteiger partial charge < -0.3 is 9.80 Å². The van der Waals surface area contributed by atoms with Crippen LogP contribution in [0, 0.1) is 20.8 Å². The minimum Gasteiger partial charge on any atom is -0.309 e. The summed E-state index contributed by atoms with van der Waals surface area (Å²) in [4.78, 5) is 4.87. The number of fused-ring (bicyclic) bond motifs is 4. The lowest BCUT2D eigenvalue weighted by Gasteiger charge is -2.30. The summed E-state index contributed by atoms with van der Waals surface area (Å²) >= 11 is 0. The van der Waals surface area contributed by atoms with Gasteiger partial charge in [-0.15, -0.1) is 0 Å². The number of benzene rings is 11. The summed E-state index contributed by atoms with van der Waals surface area (Å²) in [6, 6.07) is 82.5. The minimum atomic E-state index is 1.12. The third-order valence-electron chi connectivity index (χ3n) is 12.5. The van der Waals surface area contributed by atoms with Gasteiger partial charge in [-0.1, -0.05) is 181 Å². The normalized spacial score (nSPS) is 11.4. The molecule has 0 aliphatic rings. The molecule has 0 radical (unpaired) electrons. The molecule has 0 unspecified atom stereocenters. The molecule has 0 aliphatic carbocycles. The molecular weight excluding hydrogens is 761 g/mol. The Morgan fingerprint density at radius 2 is 0.508 bits per heavy atom. The van der Waals surface area contributed by atoms with Crippen LogP contribution in [0.25, 0.3) is 65.3 Å². The van der Waals surface area contributed by atoms with Gasteiger partial charge in [-0.2, -0.15) is 0 Å². The van der Waals surface area contributed by atoms with Gasteiger partial charge >= 0.3 is 0 Å². The van der Waals surface area contributed by atoms with Crippen molar-refractivity contribution in [1.29, 1.82) is 0 Å². The van der Waals surface area contributed by atoms with Crippen LogP contribution in [0.5, 0.6) is 0 Å². The van der Waals surface area contributed by atoms with E-state index in [0.717, 1.165) is 22.7 Å². The second-order valence-corrected chi connectivity index (χ2v) is 16.7. The number of para-hydroxylation sites is 2. The highest BCUT2D eigenvalue weighted by atomic mass is 15.2. The van der Waals surface area contributed by atoms with Crippen LogP contribution < -0.4 is 9.80 Å². The molecule has 63 heavy (non-hydrogen) atoms. The third-order valence-corrected chi connectivity index (χ3v) is 12.5. The summed E-state index contributed by atoms with van der Waals surface area (Å²) in [5.74, 6) is 0. The Kier molecular flexibility index (Phi) is 9.55. The molecule has 0 aromatic heterocycles. The van der Waals surface area contributed by atoms with E-state index in [1.165, 1.54) is 93.4 Å². The molecule has 11 aromatic carbocycles. The van der Waals surface area contributed by atoms with E-state index in [1.807, 2.05) is 0 Å². The van der Waals surface area contributed by atoms with Crippen molar-refractivity contribution in [2.24, 2.45) is 0 Å². The summed E-state index contributed by atoms with van der Waals surface area (Å²) in [7, 11) is 0. The van der Waals surface area contributed by atoms with Crippen molar-refractivity contribution >= 4 is 77.2 Å². The third kappa shape index (κ3) is 6.68. The van der Waals surface area contributed by atoms with Gasteiger partial charge in [-0.3, -0.25) is 0 Å². The highest BCUT2D eigenvalue weighted by Crippen LogP contribution is 2.51. The van der Waals surface area contributed by atoms with Crippen LogP contribution in [0.3, 0.4) is 0 Å². The molecule has 11 rings (SSSR count). The highest BCUT2D eigenvalue weighted by Gasteiger charge is 2.25. The van der Waals surface area contributed by atoms with E-state index in [2.05, 4.69) is 255 Å². The summed E-state index contributed by atoms with van der Waals surface area (Å²) in [5.41, 5.74) is 15.4. The number of aryl methyl sites for hydroxylation is 3. The molecule has 0 heterocycles. The fourth-order valence-corrected chi connectivity index (χ4v) is 9.74. The van der Waals surface area contributed by atoms with Crippen LogP contribution in [0.4, 0.5) is 34.1 Å². The van der Waals surface area contributed by atoms with Gasteiger partial charge in [-0.25, -0.2) is 0 Å². The fraction of sp³-hybridized carbons (Fsp3) is 0.0492. The zero-order valence-electron chi connectivity index (χ0n) is 35.8. The number of rotatable bonds is 8. The lowest BCUT2D eigenvalue weighted by Crippen LogP contribution is -2.11. The molecule has 0 fully saturated rings. The lowest BCUT2D eigenvalue weighted by atomic mass is 9.85. The van der Waals surface area contributed by atoms with E-state index in [0.29, 0.717) is 0 Å². The lowest BCUT2D eigenvalue weighted by molar-refractivity contribution is 1.30. The molecule has 300 valence electrons. The highest BCUT2D eigenvalue weighted by molar-refractivity contribution is 6.24. The quantitative estimate of drug-likeness (QED) is 0.141. The first-order valence-corrected chi connectivity index (χ1v) is 21.8. The number of hydrogen-bond acceptors (Lipinski definition) is 2. The zero-order chi connectivity index (χ0) is 42.4. The average molecular weight is 807 g/mol. The molecular formula is C61H46N2. The van der Waals surface area contributed by atoms with Crippen molar-refractivity contribution in [3.63, 3.8) is 0 Å². The predicted octanol–water partition coefficient (Wildman–Crippen LogP) is 17.5. The summed E-state index contributed by atoms with van der Waals surface area (Å²) in [5, 5.41) is 9.70. The topological polar surface area (TPSA) is 6.48 Å². The van der Waals surface area contributed by atoms with E-state index in [-0.39, 0.29) is 0 Å². The summed E-state index contributed by atoms with van der Waals surface area (Å²) < 4.78 is 0. The first kappa shape index (κ1) is 38.0. The van der Waals surface area contributed by atoms with Crippen molar-refractivity contribution in [3.8, 4) is 22.3 Å². The van der Waals surface area contributed by atoms with Crippen molar-refractivity contribution < 1.29 is 0 Å². The average Bonchev–Trinajstić information content (AvgIpc) is 3.33. The SMILES string of the molecule is Cc1ccc(N(c2ccccc2)c2c3ccccc3c(-c3cc(C)cc(-c4c5ccccc5c(N(c5ccccc5)c5ccc(C)cc5)c5ccccc45)c3)c3ccccc23)cc1. The van der Waals surface area contributed by atoms with E-state index in [9.17, 15) is 0 Å². The van der Waals surface area contributed by atoms with E-state index >= 15 is 0 Å². The molecule has 0 amide bonds. The Morgan fingerprint density at radius 1 is 0.238 bits per heavy atom. The van der Waals surface area contributed by atoms with Crippen LogP contribution in [-0.2, 0) is 0 Å².